The molecular weight excluding hydrogens is 271 g/mol. The Morgan fingerprint density at radius 1 is 1.22 bits per heavy atom. The van der Waals surface area contributed by atoms with Gasteiger partial charge in [0.1, 0.15) is 5.82 Å². The van der Waals surface area contributed by atoms with Crippen LogP contribution in [0.4, 0.5) is 11.5 Å². The lowest BCUT2D eigenvalue weighted by Crippen LogP contribution is -1.98. The summed E-state index contributed by atoms with van der Waals surface area (Å²) in [5.41, 5.74) is 1.31. The second-order valence-corrected chi connectivity index (χ2v) is 4.59. The summed E-state index contributed by atoms with van der Waals surface area (Å²) in [6.07, 6.45) is 1.49. The molecule has 0 aliphatic carbocycles. The molecule has 0 unspecified atom stereocenters. The Kier molecular flexibility index (Phi) is 3.84. The summed E-state index contributed by atoms with van der Waals surface area (Å²) in [6.45, 7) is 1.47. The molecule has 0 atom stereocenters. The number of anilines is 2. The maximum atomic E-state index is 11.2. The Labute approximate surface area is 115 Å². The Morgan fingerprint density at radius 2 is 1.89 bits per heavy atom. The number of ketones is 1. The lowest BCUT2D eigenvalue weighted by Gasteiger charge is -2.08. The van der Waals surface area contributed by atoms with Crippen molar-refractivity contribution in [1.29, 1.82) is 0 Å². The standard InChI is InChI=1S/C13H10Cl2N2O/c1-8(18)9-6-12(15)13(16-7-9)17-11-4-2-10(14)3-5-11/h2-7H,1H3,(H,16,17). The first-order valence-corrected chi connectivity index (χ1v) is 6.01. The summed E-state index contributed by atoms with van der Waals surface area (Å²) in [6, 6.07) is 8.76. The number of hydrogen-bond acceptors (Lipinski definition) is 3. The zero-order valence-electron chi connectivity index (χ0n) is 9.58. The van der Waals surface area contributed by atoms with E-state index < -0.39 is 0 Å². The van der Waals surface area contributed by atoms with E-state index in [1.54, 1.807) is 18.2 Å². The number of hydrogen-bond donors (Lipinski definition) is 1. The third kappa shape index (κ3) is 3.00. The van der Waals surface area contributed by atoms with E-state index in [9.17, 15) is 4.79 Å². The van der Waals surface area contributed by atoms with Crippen LogP contribution in [0.5, 0.6) is 0 Å². The van der Waals surface area contributed by atoms with Gasteiger partial charge in [-0.1, -0.05) is 23.2 Å². The highest BCUT2D eigenvalue weighted by atomic mass is 35.5. The molecule has 1 aromatic heterocycles. The molecule has 2 rings (SSSR count). The van der Waals surface area contributed by atoms with E-state index in [0.717, 1.165) is 5.69 Å². The average molecular weight is 281 g/mol. The van der Waals surface area contributed by atoms with Gasteiger partial charge in [-0.2, -0.15) is 0 Å². The van der Waals surface area contributed by atoms with Gasteiger partial charge >= 0.3 is 0 Å². The lowest BCUT2D eigenvalue weighted by molar-refractivity contribution is 0.101. The molecule has 2 aromatic rings. The largest absolute Gasteiger partial charge is 0.339 e. The van der Waals surface area contributed by atoms with Gasteiger partial charge in [-0.05, 0) is 37.3 Å². The molecule has 0 spiro atoms. The van der Waals surface area contributed by atoms with Crippen LogP contribution in [0.3, 0.4) is 0 Å². The lowest BCUT2D eigenvalue weighted by atomic mass is 10.2. The van der Waals surface area contributed by atoms with Crippen molar-refractivity contribution in [2.24, 2.45) is 0 Å². The number of halogens is 2. The first kappa shape index (κ1) is 12.9. The van der Waals surface area contributed by atoms with Gasteiger partial charge in [0.05, 0.1) is 5.02 Å². The minimum atomic E-state index is -0.0672. The molecule has 1 N–H and O–H groups in total. The summed E-state index contributed by atoms with van der Waals surface area (Å²) < 4.78 is 0. The topological polar surface area (TPSA) is 42.0 Å². The second-order valence-electron chi connectivity index (χ2n) is 3.74. The van der Waals surface area contributed by atoms with E-state index in [2.05, 4.69) is 10.3 Å². The quantitative estimate of drug-likeness (QED) is 0.851. The summed E-state index contributed by atoms with van der Waals surface area (Å²) in [5, 5.41) is 4.11. The smallest absolute Gasteiger partial charge is 0.161 e. The van der Waals surface area contributed by atoms with Crippen molar-refractivity contribution in [3.63, 3.8) is 0 Å². The molecule has 0 saturated carbocycles. The van der Waals surface area contributed by atoms with Crippen LogP contribution >= 0.6 is 23.2 Å². The van der Waals surface area contributed by atoms with Crippen LogP contribution in [-0.2, 0) is 0 Å². The zero-order chi connectivity index (χ0) is 13.1. The minimum Gasteiger partial charge on any atom is -0.339 e. The van der Waals surface area contributed by atoms with Crippen LogP contribution in [0, 0.1) is 0 Å². The van der Waals surface area contributed by atoms with Gasteiger partial charge in [0.15, 0.2) is 5.78 Å². The van der Waals surface area contributed by atoms with E-state index in [4.69, 9.17) is 23.2 Å². The fourth-order valence-corrected chi connectivity index (χ4v) is 1.73. The molecule has 3 nitrogen and oxygen atoms in total. The number of nitrogens with one attached hydrogen (secondary N) is 1. The number of pyridine rings is 1. The van der Waals surface area contributed by atoms with Gasteiger partial charge in [-0.15, -0.1) is 0 Å². The molecule has 0 saturated heterocycles. The van der Waals surface area contributed by atoms with Crippen LogP contribution in [0.2, 0.25) is 10.0 Å². The van der Waals surface area contributed by atoms with Gasteiger partial charge in [-0.3, -0.25) is 4.79 Å². The van der Waals surface area contributed by atoms with Gasteiger partial charge in [0, 0.05) is 22.5 Å². The maximum absolute atomic E-state index is 11.2. The molecule has 1 heterocycles. The van der Waals surface area contributed by atoms with Crippen molar-refractivity contribution < 1.29 is 4.79 Å². The van der Waals surface area contributed by atoms with Crippen molar-refractivity contribution in [1.82, 2.24) is 4.98 Å². The number of rotatable bonds is 3. The van der Waals surface area contributed by atoms with E-state index in [-0.39, 0.29) is 5.78 Å². The molecule has 18 heavy (non-hydrogen) atoms. The first-order chi connectivity index (χ1) is 8.56. The molecule has 0 fully saturated rings. The van der Waals surface area contributed by atoms with Crippen LogP contribution < -0.4 is 5.32 Å². The number of carbonyl (C=O) groups excluding carboxylic acids is 1. The van der Waals surface area contributed by atoms with Crippen molar-refractivity contribution in [3.8, 4) is 0 Å². The van der Waals surface area contributed by atoms with Gasteiger partial charge in [0.2, 0.25) is 0 Å². The monoisotopic (exact) mass is 280 g/mol. The third-order valence-electron chi connectivity index (χ3n) is 2.35. The highest BCUT2D eigenvalue weighted by molar-refractivity contribution is 6.33. The fraction of sp³-hybridized carbons (Fsp3) is 0.0769. The number of benzene rings is 1. The SMILES string of the molecule is CC(=O)c1cnc(Nc2ccc(Cl)cc2)c(Cl)c1. The van der Waals surface area contributed by atoms with Crippen LogP contribution in [0.25, 0.3) is 0 Å². The number of Topliss-reactive ketones (excluding diaryl/α,β-unsaturated/α-hetero) is 1. The highest BCUT2D eigenvalue weighted by Gasteiger charge is 2.06. The first-order valence-electron chi connectivity index (χ1n) is 5.25. The predicted molar refractivity (Wildman–Crippen MR) is 74.0 cm³/mol. The molecule has 0 radical (unpaired) electrons. The highest BCUT2D eigenvalue weighted by Crippen LogP contribution is 2.24. The summed E-state index contributed by atoms with van der Waals surface area (Å²) in [5.74, 6) is 0.437. The van der Waals surface area contributed by atoms with Crippen molar-refractivity contribution >= 4 is 40.5 Å². The van der Waals surface area contributed by atoms with Crippen LogP contribution in [0.15, 0.2) is 36.5 Å². The van der Waals surface area contributed by atoms with Crippen LogP contribution in [-0.4, -0.2) is 10.8 Å². The molecule has 92 valence electrons. The second kappa shape index (κ2) is 5.38. The average Bonchev–Trinajstić information content (AvgIpc) is 2.34. The van der Waals surface area contributed by atoms with Crippen molar-refractivity contribution in [2.75, 3.05) is 5.32 Å². The molecule has 0 aliphatic heterocycles. The van der Waals surface area contributed by atoms with Crippen molar-refractivity contribution in [3.05, 3.63) is 52.1 Å². The Bertz CT molecular complexity index is 582. The van der Waals surface area contributed by atoms with Crippen molar-refractivity contribution in [2.45, 2.75) is 6.92 Å². The molecule has 1 aromatic carbocycles. The predicted octanol–water partition coefficient (Wildman–Crippen LogP) is 4.33. The molecule has 0 aliphatic rings. The molecule has 0 bridgehead atoms. The Balaban J connectivity index is 2.24. The Hall–Kier alpha value is -1.58. The van der Waals surface area contributed by atoms with Crippen LogP contribution in [0.1, 0.15) is 17.3 Å². The van der Waals surface area contributed by atoms with E-state index >= 15 is 0 Å². The fourth-order valence-electron chi connectivity index (χ4n) is 1.39. The van der Waals surface area contributed by atoms with Gasteiger partial charge in [0.25, 0.3) is 0 Å². The molecule has 5 heteroatoms. The van der Waals surface area contributed by atoms with Gasteiger partial charge in [-0.25, -0.2) is 4.98 Å². The number of nitrogens with zero attached hydrogens (tertiary/aromatic N) is 1. The summed E-state index contributed by atoms with van der Waals surface area (Å²) in [4.78, 5) is 15.3. The Morgan fingerprint density at radius 3 is 2.44 bits per heavy atom. The third-order valence-corrected chi connectivity index (χ3v) is 2.89. The molecular formula is C13H10Cl2N2O. The normalized spacial score (nSPS) is 10.2. The number of carbonyl (C=O) groups is 1. The van der Waals surface area contributed by atoms with E-state index in [1.165, 1.54) is 13.1 Å². The maximum Gasteiger partial charge on any atom is 0.161 e. The zero-order valence-corrected chi connectivity index (χ0v) is 11.1. The summed E-state index contributed by atoms with van der Waals surface area (Å²) in [7, 11) is 0. The summed E-state index contributed by atoms with van der Waals surface area (Å²) >= 11 is 11.8. The van der Waals surface area contributed by atoms with E-state index in [1.807, 2.05) is 12.1 Å². The molecule has 0 amide bonds. The number of aromatic nitrogens is 1. The van der Waals surface area contributed by atoms with Gasteiger partial charge < -0.3 is 5.32 Å². The van der Waals surface area contributed by atoms with E-state index in [0.29, 0.717) is 21.4 Å². The minimum absolute atomic E-state index is 0.0672.